The molecular weight excluding hydrogens is 357 g/mol. The Labute approximate surface area is 164 Å². The van der Waals surface area contributed by atoms with Gasteiger partial charge in [-0.05, 0) is 49.6 Å². The summed E-state index contributed by atoms with van der Waals surface area (Å²) in [5.74, 6) is 0.177. The molecule has 1 aliphatic carbocycles. The van der Waals surface area contributed by atoms with Crippen LogP contribution in [0.1, 0.15) is 54.1 Å². The largest absolute Gasteiger partial charge is 0.496 e. The second-order valence-electron chi connectivity index (χ2n) is 7.90. The van der Waals surface area contributed by atoms with Gasteiger partial charge in [-0.25, -0.2) is 4.39 Å². The zero-order chi connectivity index (χ0) is 19.7. The Kier molecular flexibility index (Phi) is 5.11. The van der Waals surface area contributed by atoms with Crippen molar-refractivity contribution in [2.75, 3.05) is 13.7 Å². The minimum Gasteiger partial charge on any atom is -0.496 e. The monoisotopic (exact) mass is 383 g/mol. The molecule has 4 nitrogen and oxygen atoms in total. The van der Waals surface area contributed by atoms with Crippen molar-refractivity contribution in [3.8, 4) is 5.75 Å². The Morgan fingerprint density at radius 1 is 1.14 bits per heavy atom. The summed E-state index contributed by atoms with van der Waals surface area (Å²) in [4.78, 5) is 15.2. The quantitative estimate of drug-likeness (QED) is 0.858. The first-order valence-electron chi connectivity index (χ1n) is 9.95. The maximum Gasteiger partial charge on any atom is 0.254 e. The molecule has 2 aromatic carbocycles. The molecule has 2 aromatic rings. The molecule has 0 radical (unpaired) electrons. The number of halogens is 1. The van der Waals surface area contributed by atoms with Crippen molar-refractivity contribution in [3.05, 3.63) is 65.5 Å². The number of rotatable bonds is 3. The highest BCUT2D eigenvalue weighted by molar-refractivity contribution is 5.94. The van der Waals surface area contributed by atoms with E-state index in [9.17, 15) is 14.3 Å². The summed E-state index contributed by atoms with van der Waals surface area (Å²) in [6.45, 7) is 0.464. The Bertz CT molecular complexity index is 853. The van der Waals surface area contributed by atoms with E-state index >= 15 is 0 Å². The van der Waals surface area contributed by atoms with Crippen LogP contribution in [-0.4, -0.2) is 35.2 Å². The summed E-state index contributed by atoms with van der Waals surface area (Å²) in [6, 6.07) is 13.1. The maximum atomic E-state index is 13.4. The van der Waals surface area contributed by atoms with E-state index in [0.29, 0.717) is 18.5 Å². The minimum absolute atomic E-state index is 0.0456. The maximum absolute atomic E-state index is 13.4. The highest BCUT2D eigenvalue weighted by Crippen LogP contribution is 2.51. The Morgan fingerprint density at radius 3 is 2.64 bits per heavy atom. The number of ether oxygens (including phenoxy) is 1. The van der Waals surface area contributed by atoms with Gasteiger partial charge in [0.15, 0.2) is 0 Å². The molecule has 3 atom stereocenters. The van der Waals surface area contributed by atoms with Gasteiger partial charge < -0.3 is 14.7 Å². The van der Waals surface area contributed by atoms with Crippen LogP contribution < -0.4 is 4.74 Å². The summed E-state index contributed by atoms with van der Waals surface area (Å²) in [7, 11) is 1.63. The van der Waals surface area contributed by atoms with Gasteiger partial charge in [-0.2, -0.15) is 0 Å². The topological polar surface area (TPSA) is 49.8 Å². The van der Waals surface area contributed by atoms with E-state index in [4.69, 9.17) is 4.74 Å². The number of aliphatic hydroxyl groups is 1. The average Bonchev–Trinajstić information content (AvgIpc) is 2.72. The Hall–Kier alpha value is -2.40. The molecule has 2 fully saturated rings. The number of fused-ring (bicyclic) bond motifs is 1. The third-order valence-electron chi connectivity index (χ3n) is 6.38. The number of methoxy groups -OCH3 is 1. The molecular formula is C23H26FNO3. The smallest absolute Gasteiger partial charge is 0.254 e. The van der Waals surface area contributed by atoms with Crippen molar-refractivity contribution in [1.29, 1.82) is 0 Å². The molecule has 148 valence electrons. The van der Waals surface area contributed by atoms with Crippen molar-refractivity contribution in [2.45, 2.75) is 43.7 Å². The van der Waals surface area contributed by atoms with Gasteiger partial charge in [0, 0.05) is 23.6 Å². The molecule has 2 aliphatic rings. The number of amides is 1. The fraction of sp³-hybridized carbons (Fsp3) is 0.435. The SMILES string of the molecule is COc1ccccc1[C@@H]1[C@H]2CCCC[C@@]2(O)CCN1C(=O)c1ccc(F)cc1. The van der Waals surface area contributed by atoms with Crippen LogP contribution >= 0.6 is 0 Å². The van der Waals surface area contributed by atoms with E-state index < -0.39 is 5.60 Å². The van der Waals surface area contributed by atoms with Gasteiger partial charge in [0.25, 0.3) is 5.91 Å². The summed E-state index contributed by atoms with van der Waals surface area (Å²) in [5.41, 5.74) is 0.622. The highest BCUT2D eigenvalue weighted by Gasteiger charge is 2.50. The number of piperidine rings is 1. The fourth-order valence-electron chi connectivity index (χ4n) is 4.96. The van der Waals surface area contributed by atoms with Gasteiger partial charge in [-0.1, -0.05) is 31.0 Å². The summed E-state index contributed by atoms with van der Waals surface area (Å²) < 4.78 is 18.9. The number of para-hydroxylation sites is 1. The predicted molar refractivity (Wildman–Crippen MR) is 105 cm³/mol. The van der Waals surface area contributed by atoms with Crippen molar-refractivity contribution < 1.29 is 19.0 Å². The predicted octanol–water partition coefficient (Wildman–Crippen LogP) is 4.34. The first-order valence-corrected chi connectivity index (χ1v) is 9.95. The lowest BCUT2D eigenvalue weighted by Gasteiger charge is -2.52. The van der Waals surface area contributed by atoms with Gasteiger partial charge in [-0.3, -0.25) is 4.79 Å². The third-order valence-corrected chi connectivity index (χ3v) is 6.38. The van der Waals surface area contributed by atoms with E-state index in [-0.39, 0.29) is 23.7 Å². The van der Waals surface area contributed by atoms with Gasteiger partial charge in [0.2, 0.25) is 0 Å². The van der Waals surface area contributed by atoms with Gasteiger partial charge in [0.1, 0.15) is 11.6 Å². The van der Waals surface area contributed by atoms with Crippen LogP contribution in [0, 0.1) is 11.7 Å². The molecule has 0 unspecified atom stereocenters. The number of hydrogen-bond donors (Lipinski definition) is 1. The minimum atomic E-state index is -0.761. The second-order valence-corrected chi connectivity index (χ2v) is 7.90. The fourth-order valence-corrected chi connectivity index (χ4v) is 4.96. The lowest BCUT2D eigenvalue weighted by atomic mass is 9.66. The van der Waals surface area contributed by atoms with E-state index in [1.54, 1.807) is 7.11 Å². The van der Waals surface area contributed by atoms with Gasteiger partial charge in [0.05, 0.1) is 18.8 Å². The van der Waals surface area contributed by atoms with Crippen LogP contribution in [0.2, 0.25) is 0 Å². The molecule has 1 N–H and O–H groups in total. The number of benzene rings is 2. The standard InChI is InChI=1S/C23H26FNO3/c1-28-20-8-3-2-6-18(20)21-19-7-4-5-13-23(19,27)14-15-25(21)22(26)16-9-11-17(24)12-10-16/h2-3,6,8-12,19,21,27H,4-5,7,13-15H2,1H3/t19-,21-,23-/m1/s1. The van der Waals surface area contributed by atoms with Crippen molar-refractivity contribution >= 4 is 5.91 Å². The Balaban J connectivity index is 1.78. The summed E-state index contributed by atoms with van der Waals surface area (Å²) >= 11 is 0. The van der Waals surface area contributed by atoms with E-state index in [1.165, 1.54) is 24.3 Å². The molecule has 5 heteroatoms. The molecule has 28 heavy (non-hydrogen) atoms. The van der Waals surface area contributed by atoms with Crippen LogP contribution in [-0.2, 0) is 0 Å². The molecule has 1 amide bonds. The molecule has 1 saturated carbocycles. The Morgan fingerprint density at radius 2 is 1.89 bits per heavy atom. The van der Waals surface area contributed by atoms with E-state index in [2.05, 4.69) is 0 Å². The summed E-state index contributed by atoms with van der Waals surface area (Å²) in [5, 5.41) is 11.4. The average molecular weight is 383 g/mol. The number of likely N-dealkylation sites (tertiary alicyclic amines) is 1. The lowest BCUT2D eigenvalue weighted by molar-refractivity contribution is -0.115. The number of hydrogen-bond acceptors (Lipinski definition) is 3. The molecule has 4 rings (SSSR count). The van der Waals surface area contributed by atoms with Crippen LogP contribution in [0.3, 0.4) is 0 Å². The molecule has 0 bridgehead atoms. The first kappa shape index (κ1) is 18.9. The first-order chi connectivity index (χ1) is 13.5. The third kappa shape index (κ3) is 3.28. The zero-order valence-corrected chi connectivity index (χ0v) is 16.1. The van der Waals surface area contributed by atoms with Gasteiger partial charge >= 0.3 is 0 Å². The van der Waals surface area contributed by atoms with E-state index in [1.807, 2.05) is 29.2 Å². The van der Waals surface area contributed by atoms with E-state index in [0.717, 1.165) is 37.0 Å². The van der Waals surface area contributed by atoms with Crippen LogP contribution in [0.25, 0.3) is 0 Å². The van der Waals surface area contributed by atoms with Crippen LogP contribution in [0.5, 0.6) is 5.75 Å². The van der Waals surface area contributed by atoms with Crippen molar-refractivity contribution in [3.63, 3.8) is 0 Å². The molecule has 1 heterocycles. The zero-order valence-electron chi connectivity index (χ0n) is 16.1. The van der Waals surface area contributed by atoms with Gasteiger partial charge in [-0.15, -0.1) is 0 Å². The van der Waals surface area contributed by atoms with Crippen LogP contribution in [0.15, 0.2) is 48.5 Å². The molecule has 1 aliphatic heterocycles. The highest BCUT2D eigenvalue weighted by atomic mass is 19.1. The normalized spacial score (nSPS) is 27.2. The number of carbonyl (C=O) groups excluding carboxylic acids is 1. The number of nitrogens with zero attached hydrogens (tertiary/aromatic N) is 1. The molecule has 0 aromatic heterocycles. The number of carbonyl (C=O) groups is 1. The van der Waals surface area contributed by atoms with Crippen LogP contribution in [0.4, 0.5) is 4.39 Å². The summed E-state index contributed by atoms with van der Waals surface area (Å²) in [6.07, 6.45) is 4.25. The molecule has 1 saturated heterocycles. The lowest BCUT2D eigenvalue weighted by Crippen LogP contribution is -2.56. The molecule has 0 spiro atoms. The van der Waals surface area contributed by atoms with Crippen molar-refractivity contribution in [2.24, 2.45) is 5.92 Å². The second kappa shape index (κ2) is 7.55. The van der Waals surface area contributed by atoms with Crippen molar-refractivity contribution in [1.82, 2.24) is 4.90 Å².